The Kier molecular flexibility index (Phi) is 8.41. The zero-order valence-corrected chi connectivity index (χ0v) is 16.4. The van der Waals surface area contributed by atoms with Crippen LogP contribution in [0.25, 0.3) is 0 Å². The number of hydrogen-bond acceptors (Lipinski definition) is 5. The average molecular weight is 380 g/mol. The Morgan fingerprint density at radius 3 is 2.62 bits per heavy atom. The van der Waals surface area contributed by atoms with Crippen LogP contribution in [0.15, 0.2) is 29.2 Å². The van der Waals surface area contributed by atoms with Crippen LogP contribution in [-0.2, 0) is 9.59 Å². The molecule has 0 saturated carbocycles. The number of carbonyl (C=O) groups excluding carboxylic acids is 1. The summed E-state index contributed by atoms with van der Waals surface area (Å²) in [6.45, 7) is 5.44. The predicted octanol–water partition coefficient (Wildman–Crippen LogP) is 2.61. The molecule has 1 aromatic rings. The maximum absolute atomic E-state index is 12.2. The van der Waals surface area contributed by atoms with Crippen molar-refractivity contribution in [2.45, 2.75) is 37.1 Å². The van der Waals surface area contributed by atoms with Crippen LogP contribution >= 0.6 is 11.8 Å². The number of nitrogens with zero attached hydrogens (tertiary/aromatic N) is 2. The number of anilines is 1. The van der Waals surface area contributed by atoms with Crippen LogP contribution in [0.1, 0.15) is 26.2 Å². The minimum Gasteiger partial charge on any atom is -0.480 e. The molecule has 1 aliphatic rings. The summed E-state index contributed by atoms with van der Waals surface area (Å²) >= 11 is 1.62. The number of carbonyl (C=O) groups is 2. The quantitative estimate of drug-likeness (QED) is 0.643. The number of carboxylic acid groups (broad SMARTS) is 1. The summed E-state index contributed by atoms with van der Waals surface area (Å²) < 4.78 is 0. The fourth-order valence-corrected chi connectivity index (χ4v) is 3.95. The highest BCUT2D eigenvalue weighted by Crippen LogP contribution is 2.24. The number of benzene rings is 1. The maximum Gasteiger partial charge on any atom is 0.317 e. The minimum absolute atomic E-state index is 0.0367. The third-order valence-corrected chi connectivity index (χ3v) is 5.65. The molecule has 26 heavy (non-hydrogen) atoms. The highest BCUT2D eigenvalue weighted by Gasteiger charge is 2.25. The van der Waals surface area contributed by atoms with Crippen molar-refractivity contribution in [3.05, 3.63) is 24.3 Å². The lowest BCUT2D eigenvalue weighted by molar-refractivity contribution is -0.139. The number of amides is 1. The number of likely N-dealkylation sites (N-methyl/N-ethyl adjacent to an activating group) is 1. The van der Waals surface area contributed by atoms with Gasteiger partial charge in [0, 0.05) is 23.9 Å². The number of para-hydroxylation sites is 1. The molecule has 1 amide bonds. The number of rotatable bonds is 9. The summed E-state index contributed by atoms with van der Waals surface area (Å²) in [7, 11) is 0. The van der Waals surface area contributed by atoms with Gasteiger partial charge in [0.2, 0.25) is 5.91 Å². The summed E-state index contributed by atoms with van der Waals surface area (Å²) in [4.78, 5) is 28.6. The van der Waals surface area contributed by atoms with Crippen LogP contribution in [0.4, 0.5) is 5.69 Å². The van der Waals surface area contributed by atoms with Gasteiger partial charge in [-0.05, 0) is 50.9 Å². The van der Waals surface area contributed by atoms with Crippen LogP contribution in [-0.4, -0.2) is 71.8 Å². The van der Waals surface area contributed by atoms with Gasteiger partial charge in [0.1, 0.15) is 0 Å². The van der Waals surface area contributed by atoms with Gasteiger partial charge in [-0.2, -0.15) is 0 Å². The normalized spacial score (nSPS) is 16.0. The first-order valence-corrected chi connectivity index (χ1v) is 10.4. The lowest BCUT2D eigenvalue weighted by atomic mass is 10.0. The SMILES string of the molecule is CCN(CC(=O)O)C1CCN(CCC(=O)Nc2ccccc2SC)CC1. The fourth-order valence-electron chi connectivity index (χ4n) is 3.40. The molecule has 0 unspecified atom stereocenters. The van der Waals surface area contributed by atoms with Crippen molar-refractivity contribution in [1.82, 2.24) is 9.80 Å². The second-order valence-corrected chi connectivity index (χ2v) is 7.38. The Balaban J connectivity index is 1.74. The number of piperidine rings is 1. The van der Waals surface area contributed by atoms with E-state index in [1.165, 1.54) is 0 Å². The molecular weight excluding hydrogens is 350 g/mol. The number of nitrogens with one attached hydrogen (secondary N) is 1. The van der Waals surface area contributed by atoms with E-state index >= 15 is 0 Å². The molecule has 1 aromatic carbocycles. The minimum atomic E-state index is -0.767. The Morgan fingerprint density at radius 1 is 1.31 bits per heavy atom. The zero-order valence-electron chi connectivity index (χ0n) is 15.6. The second-order valence-electron chi connectivity index (χ2n) is 6.53. The number of hydrogen-bond donors (Lipinski definition) is 2. The predicted molar refractivity (Wildman–Crippen MR) is 106 cm³/mol. The van der Waals surface area contributed by atoms with E-state index in [0.29, 0.717) is 12.5 Å². The Labute approximate surface area is 159 Å². The Hall–Kier alpha value is -1.57. The molecule has 1 saturated heterocycles. The topological polar surface area (TPSA) is 72.9 Å². The number of thioether (sulfide) groups is 1. The van der Waals surface area contributed by atoms with Crippen molar-refractivity contribution in [2.75, 3.05) is 44.3 Å². The smallest absolute Gasteiger partial charge is 0.317 e. The van der Waals surface area contributed by atoms with E-state index in [4.69, 9.17) is 5.11 Å². The molecule has 2 rings (SSSR count). The first kappa shape index (κ1) is 20.7. The van der Waals surface area contributed by atoms with E-state index in [1.807, 2.05) is 42.3 Å². The first-order chi connectivity index (χ1) is 12.5. The molecule has 7 heteroatoms. The molecule has 0 radical (unpaired) electrons. The molecule has 1 fully saturated rings. The van der Waals surface area contributed by atoms with Crippen LogP contribution < -0.4 is 5.32 Å². The van der Waals surface area contributed by atoms with Crippen LogP contribution in [0, 0.1) is 0 Å². The van der Waals surface area contributed by atoms with E-state index in [9.17, 15) is 9.59 Å². The van der Waals surface area contributed by atoms with Crippen molar-refractivity contribution in [3.63, 3.8) is 0 Å². The maximum atomic E-state index is 12.2. The summed E-state index contributed by atoms with van der Waals surface area (Å²) in [5.74, 6) is -0.730. The van der Waals surface area contributed by atoms with Crippen LogP contribution in [0.3, 0.4) is 0 Å². The highest BCUT2D eigenvalue weighted by atomic mass is 32.2. The molecular formula is C19H29N3O3S. The molecule has 0 aliphatic carbocycles. The standard InChI is InChI=1S/C19H29N3O3S/c1-3-22(14-19(24)25)15-8-11-21(12-9-15)13-10-18(23)20-16-6-4-5-7-17(16)26-2/h4-7,15H,3,8-14H2,1-2H3,(H,20,23)(H,24,25). The second kappa shape index (κ2) is 10.5. The van der Waals surface area contributed by atoms with Gasteiger partial charge in [0.15, 0.2) is 0 Å². The van der Waals surface area contributed by atoms with Gasteiger partial charge in [0.05, 0.1) is 12.2 Å². The molecule has 1 heterocycles. The third kappa shape index (κ3) is 6.30. The van der Waals surface area contributed by atoms with Crippen molar-refractivity contribution in [1.29, 1.82) is 0 Å². The van der Waals surface area contributed by atoms with Gasteiger partial charge < -0.3 is 15.3 Å². The van der Waals surface area contributed by atoms with Crippen LogP contribution in [0.5, 0.6) is 0 Å². The highest BCUT2D eigenvalue weighted by molar-refractivity contribution is 7.98. The summed E-state index contributed by atoms with van der Waals surface area (Å²) in [5.41, 5.74) is 0.871. The van der Waals surface area contributed by atoms with Gasteiger partial charge in [-0.15, -0.1) is 11.8 Å². The van der Waals surface area contributed by atoms with Gasteiger partial charge >= 0.3 is 5.97 Å². The summed E-state index contributed by atoms with van der Waals surface area (Å²) in [6.07, 6.45) is 4.38. The fraction of sp³-hybridized carbons (Fsp3) is 0.579. The molecule has 0 bridgehead atoms. The van der Waals surface area contributed by atoms with E-state index in [2.05, 4.69) is 10.2 Å². The van der Waals surface area contributed by atoms with Crippen molar-refractivity contribution >= 4 is 29.3 Å². The molecule has 0 spiro atoms. The molecule has 2 N–H and O–H groups in total. The van der Waals surface area contributed by atoms with Crippen molar-refractivity contribution < 1.29 is 14.7 Å². The number of likely N-dealkylation sites (tertiary alicyclic amines) is 1. The molecule has 6 nitrogen and oxygen atoms in total. The largest absolute Gasteiger partial charge is 0.480 e. The summed E-state index contributed by atoms with van der Waals surface area (Å²) in [6, 6.07) is 8.15. The Morgan fingerprint density at radius 2 is 2.00 bits per heavy atom. The molecule has 144 valence electrons. The zero-order chi connectivity index (χ0) is 18.9. The monoisotopic (exact) mass is 379 g/mol. The lowest BCUT2D eigenvalue weighted by Gasteiger charge is -2.37. The molecule has 1 aliphatic heterocycles. The first-order valence-electron chi connectivity index (χ1n) is 9.14. The molecule has 0 atom stereocenters. The van der Waals surface area contributed by atoms with Crippen molar-refractivity contribution in [3.8, 4) is 0 Å². The van der Waals surface area contributed by atoms with E-state index in [-0.39, 0.29) is 12.5 Å². The van der Waals surface area contributed by atoms with Gasteiger partial charge in [-0.3, -0.25) is 14.5 Å². The molecule has 0 aromatic heterocycles. The van der Waals surface area contributed by atoms with E-state index in [0.717, 1.165) is 49.6 Å². The van der Waals surface area contributed by atoms with Gasteiger partial charge in [-0.1, -0.05) is 19.1 Å². The number of aliphatic carboxylic acids is 1. The number of carboxylic acids is 1. The lowest BCUT2D eigenvalue weighted by Crippen LogP contribution is -2.47. The van der Waals surface area contributed by atoms with E-state index in [1.54, 1.807) is 11.8 Å². The van der Waals surface area contributed by atoms with Crippen LogP contribution in [0.2, 0.25) is 0 Å². The van der Waals surface area contributed by atoms with Gasteiger partial charge in [0.25, 0.3) is 0 Å². The van der Waals surface area contributed by atoms with Crippen molar-refractivity contribution in [2.24, 2.45) is 0 Å². The Bertz CT molecular complexity index is 603. The third-order valence-electron chi connectivity index (χ3n) is 4.85. The van der Waals surface area contributed by atoms with E-state index < -0.39 is 5.97 Å². The summed E-state index contributed by atoms with van der Waals surface area (Å²) in [5, 5.41) is 12.0. The average Bonchev–Trinajstić information content (AvgIpc) is 2.65. The van der Waals surface area contributed by atoms with Gasteiger partial charge in [-0.25, -0.2) is 0 Å².